The van der Waals surface area contributed by atoms with Crippen LogP contribution in [0.5, 0.6) is 0 Å². The molecule has 0 N–H and O–H groups in total. The zero-order valence-corrected chi connectivity index (χ0v) is 20.9. The normalized spacial score (nSPS) is 11.5. The summed E-state index contributed by atoms with van der Waals surface area (Å²) < 4.78 is 28.3. The van der Waals surface area contributed by atoms with E-state index in [0.29, 0.717) is 23.2 Å². The molecule has 1 amide bonds. The van der Waals surface area contributed by atoms with E-state index < -0.39 is 10.0 Å². The van der Waals surface area contributed by atoms with E-state index in [1.165, 1.54) is 9.21 Å². The minimum Gasteiger partial charge on any atom is -0.340 e. The summed E-state index contributed by atoms with van der Waals surface area (Å²) in [4.78, 5) is 14.8. The molecule has 0 heterocycles. The Bertz CT molecular complexity index is 1190. The van der Waals surface area contributed by atoms with Crippen LogP contribution in [0, 0.1) is 6.92 Å². The molecule has 0 bridgehead atoms. The van der Waals surface area contributed by atoms with E-state index in [1.807, 2.05) is 31.2 Å². The highest BCUT2D eigenvalue weighted by Gasteiger charge is 2.28. The molecule has 0 saturated carbocycles. The highest BCUT2D eigenvalue weighted by molar-refractivity contribution is 7.92. The van der Waals surface area contributed by atoms with Gasteiger partial charge in [-0.15, -0.1) is 0 Å². The summed E-state index contributed by atoms with van der Waals surface area (Å²) in [5.74, 6) is 0.00178. The van der Waals surface area contributed by atoms with Crippen molar-refractivity contribution in [3.63, 3.8) is 0 Å². The molecule has 0 aliphatic rings. The van der Waals surface area contributed by atoms with Gasteiger partial charge in [0, 0.05) is 18.6 Å². The number of anilines is 1. The fourth-order valence-corrected chi connectivity index (χ4v) is 4.91. The monoisotopic (exact) mass is 484 g/mol. The molecule has 0 aromatic heterocycles. The number of carbonyl (C=O) groups is 1. The van der Waals surface area contributed by atoms with Crippen LogP contribution in [-0.4, -0.2) is 32.8 Å². The quantitative estimate of drug-likeness (QED) is 0.416. The van der Waals surface area contributed by atoms with Crippen LogP contribution >= 0.6 is 11.6 Å². The van der Waals surface area contributed by atoms with Gasteiger partial charge in [-0.3, -0.25) is 9.10 Å². The molecule has 0 aliphatic carbocycles. The second-order valence-corrected chi connectivity index (χ2v) is 10.7. The lowest BCUT2D eigenvalue weighted by Crippen LogP contribution is -2.41. The average molecular weight is 485 g/mol. The van der Waals surface area contributed by atoms with E-state index in [1.54, 1.807) is 55.6 Å². The van der Waals surface area contributed by atoms with Gasteiger partial charge in [-0.1, -0.05) is 67.4 Å². The van der Waals surface area contributed by atoms with Gasteiger partial charge in [-0.2, -0.15) is 0 Å². The van der Waals surface area contributed by atoms with Gasteiger partial charge >= 0.3 is 0 Å². The number of sulfonamides is 1. The Morgan fingerprint density at radius 1 is 0.909 bits per heavy atom. The molecular formula is C26H29ClN2O3S. The molecule has 3 aromatic carbocycles. The van der Waals surface area contributed by atoms with Gasteiger partial charge in [0.05, 0.1) is 10.6 Å². The number of aryl methyl sites for hydroxylation is 1. The highest BCUT2D eigenvalue weighted by Crippen LogP contribution is 2.26. The van der Waals surface area contributed by atoms with Gasteiger partial charge in [0.2, 0.25) is 5.91 Å². The predicted molar refractivity (Wildman–Crippen MR) is 134 cm³/mol. The summed E-state index contributed by atoms with van der Waals surface area (Å²) in [7, 11) is -2.28. The number of nitrogens with zero attached hydrogens (tertiary/aromatic N) is 2. The average Bonchev–Trinajstić information content (AvgIpc) is 2.79. The van der Waals surface area contributed by atoms with E-state index in [2.05, 4.69) is 13.8 Å². The molecule has 0 unspecified atom stereocenters. The zero-order chi connectivity index (χ0) is 24.2. The lowest BCUT2D eigenvalue weighted by Gasteiger charge is -2.27. The molecule has 3 rings (SSSR count). The summed E-state index contributed by atoms with van der Waals surface area (Å²) >= 11 is 5.94. The van der Waals surface area contributed by atoms with Crippen LogP contribution in [0.2, 0.25) is 5.02 Å². The maximum absolute atomic E-state index is 13.6. The van der Waals surface area contributed by atoms with Crippen molar-refractivity contribution in [1.82, 2.24) is 4.90 Å². The number of rotatable bonds is 8. The van der Waals surface area contributed by atoms with Crippen LogP contribution in [0.1, 0.15) is 36.5 Å². The number of halogens is 1. The van der Waals surface area contributed by atoms with E-state index in [0.717, 1.165) is 16.7 Å². The molecule has 174 valence electrons. The lowest BCUT2D eigenvalue weighted by atomic mass is 10.0. The van der Waals surface area contributed by atoms with Crippen molar-refractivity contribution in [2.45, 2.75) is 38.1 Å². The fraction of sp³-hybridized carbons (Fsp3) is 0.269. The van der Waals surface area contributed by atoms with Crippen molar-refractivity contribution < 1.29 is 13.2 Å². The summed E-state index contributed by atoms with van der Waals surface area (Å²) in [5, 5.41) is 0.618. The maximum atomic E-state index is 13.6. The van der Waals surface area contributed by atoms with Gasteiger partial charge in [0.25, 0.3) is 10.0 Å². The fourth-order valence-electron chi connectivity index (χ4n) is 3.37. The SMILES string of the molecule is Cc1ccc(S(=O)(=O)N(CC(=O)N(C)Cc2ccc(Cl)cc2)c2ccc(C(C)C)cc2)cc1. The van der Waals surface area contributed by atoms with Crippen molar-refractivity contribution in [3.05, 3.63) is 94.5 Å². The van der Waals surface area contributed by atoms with Gasteiger partial charge in [-0.05, 0) is 60.4 Å². The van der Waals surface area contributed by atoms with Crippen LogP contribution < -0.4 is 4.31 Å². The first-order valence-corrected chi connectivity index (χ1v) is 12.6. The van der Waals surface area contributed by atoms with Crippen molar-refractivity contribution in [3.8, 4) is 0 Å². The van der Waals surface area contributed by atoms with E-state index >= 15 is 0 Å². The predicted octanol–water partition coefficient (Wildman–Crippen LogP) is 5.63. The van der Waals surface area contributed by atoms with Crippen molar-refractivity contribution in [1.29, 1.82) is 0 Å². The number of benzene rings is 3. The van der Waals surface area contributed by atoms with Gasteiger partial charge in [0.15, 0.2) is 0 Å². The summed E-state index contributed by atoms with van der Waals surface area (Å²) in [6.45, 7) is 6.09. The van der Waals surface area contributed by atoms with Crippen LogP contribution in [0.25, 0.3) is 0 Å². The first-order valence-electron chi connectivity index (χ1n) is 10.8. The minimum absolute atomic E-state index is 0.147. The number of hydrogen-bond donors (Lipinski definition) is 0. The van der Waals surface area contributed by atoms with Crippen molar-refractivity contribution >= 4 is 33.2 Å². The number of hydrogen-bond acceptors (Lipinski definition) is 3. The molecule has 33 heavy (non-hydrogen) atoms. The van der Waals surface area contributed by atoms with E-state index in [4.69, 9.17) is 11.6 Å². The van der Waals surface area contributed by atoms with E-state index in [9.17, 15) is 13.2 Å². The van der Waals surface area contributed by atoms with Crippen LogP contribution in [-0.2, 0) is 21.4 Å². The minimum atomic E-state index is -3.94. The third kappa shape index (κ3) is 6.15. The molecule has 7 heteroatoms. The Morgan fingerprint density at radius 2 is 1.48 bits per heavy atom. The largest absolute Gasteiger partial charge is 0.340 e. The smallest absolute Gasteiger partial charge is 0.264 e. The Hall–Kier alpha value is -2.83. The molecular weight excluding hydrogens is 456 g/mol. The third-order valence-corrected chi connectivity index (χ3v) is 7.53. The first kappa shape index (κ1) is 24.8. The zero-order valence-electron chi connectivity index (χ0n) is 19.3. The molecule has 0 spiro atoms. The molecule has 0 fully saturated rings. The van der Waals surface area contributed by atoms with Crippen LogP contribution in [0.15, 0.2) is 77.7 Å². The van der Waals surface area contributed by atoms with Crippen molar-refractivity contribution in [2.75, 3.05) is 17.9 Å². The molecule has 5 nitrogen and oxygen atoms in total. The standard InChI is InChI=1S/C26H29ClN2O3S/c1-19(2)22-9-13-24(14-10-22)29(33(31,32)25-15-5-20(3)6-16-25)18-26(30)28(4)17-21-7-11-23(27)12-8-21/h5-16,19H,17-18H2,1-4H3. The van der Waals surface area contributed by atoms with Crippen molar-refractivity contribution in [2.24, 2.45) is 0 Å². The topological polar surface area (TPSA) is 57.7 Å². The van der Waals surface area contributed by atoms with Gasteiger partial charge in [-0.25, -0.2) is 8.42 Å². The van der Waals surface area contributed by atoms with Crippen LogP contribution in [0.3, 0.4) is 0 Å². The number of carbonyl (C=O) groups excluding carboxylic acids is 1. The molecule has 0 radical (unpaired) electrons. The summed E-state index contributed by atoms with van der Waals surface area (Å²) in [6, 6.07) is 21.2. The second kappa shape index (κ2) is 10.4. The third-order valence-electron chi connectivity index (χ3n) is 5.49. The lowest BCUT2D eigenvalue weighted by molar-refractivity contribution is -0.128. The Morgan fingerprint density at radius 3 is 2.03 bits per heavy atom. The molecule has 0 aliphatic heterocycles. The Labute approximate surface area is 201 Å². The molecule has 0 saturated heterocycles. The highest BCUT2D eigenvalue weighted by atomic mass is 35.5. The van der Waals surface area contributed by atoms with Gasteiger partial charge in [0.1, 0.15) is 6.54 Å². The molecule has 0 atom stereocenters. The Kier molecular flexibility index (Phi) is 7.82. The first-order chi connectivity index (χ1) is 15.6. The molecule has 3 aromatic rings. The van der Waals surface area contributed by atoms with Gasteiger partial charge < -0.3 is 4.90 Å². The van der Waals surface area contributed by atoms with E-state index in [-0.39, 0.29) is 17.3 Å². The second-order valence-electron chi connectivity index (χ2n) is 8.45. The summed E-state index contributed by atoms with van der Waals surface area (Å²) in [5.41, 5.74) is 3.41. The maximum Gasteiger partial charge on any atom is 0.264 e. The van der Waals surface area contributed by atoms with Crippen LogP contribution in [0.4, 0.5) is 5.69 Å². The number of amides is 1. The Balaban J connectivity index is 1.91. The number of likely N-dealkylation sites (N-methyl/N-ethyl adjacent to an activating group) is 1. The summed E-state index contributed by atoms with van der Waals surface area (Å²) in [6.07, 6.45) is 0.